The molecule has 0 aromatic heterocycles. The van der Waals surface area contributed by atoms with Crippen LogP contribution in [0.3, 0.4) is 0 Å². The van der Waals surface area contributed by atoms with E-state index in [-0.39, 0.29) is 17.5 Å². The molecule has 1 aromatic rings. The van der Waals surface area contributed by atoms with Crippen molar-refractivity contribution in [3.05, 3.63) is 35.4 Å². The standard InChI is InChI=1S/C22H34N4O2/c1-22(2,26-14-12-17-7-3-4-8-18(17)15-26)16-24-21(28)23-13-11-20(27)25-19-9-5-6-10-19/h3-4,7-8,19H,5-6,9-16H2,1-2H3,(H,25,27)(H2,23,24,28). The number of carbonyl (C=O) groups excluding carboxylic acids is 2. The Morgan fingerprint density at radius 1 is 1.11 bits per heavy atom. The first-order chi connectivity index (χ1) is 13.4. The van der Waals surface area contributed by atoms with Gasteiger partial charge in [-0.3, -0.25) is 9.69 Å². The normalized spacial score (nSPS) is 17.8. The van der Waals surface area contributed by atoms with E-state index in [0.29, 0.717) is 25.6 Å². The largest absolute Gasteiger partial charge is 0.353 e. The van der Waals surface area contributed by atoms with Crippen LogP contribution in [-0.4, -0.2) is 48.1 Å². The molecule has 0 radical (unpaired) electrons. The van der Waals surface area contributed by atoms with Crippen LogP contribution in [0.25, 0.3) is 0 Å². The molecule has 1 aliphatic carbocycles. The number of carbonyl (C=O) groups is 2. The molecule has 6 nitrogen and oxygen atoms in total. The predicted octanol–water partition coefficient (Wildman–Crippen LogP) is 2.57. The molecule has 1 aliphatic heterocycles. The second-order valence-corrected chi connectivity index (χ2v) is 8.66. The zero-order valence-electron chi connectivity index (χ0n) is 17.2. The van der Waals surface area contributed by atoms with Gasteiger partial charge in [-0.15, -0.1) is 0 Å². The number of benzene rings is 1. The molecule has 28 heavy (non-hydrogen) atoms. The minimum Gasteiger partial charge on any atom is -0.353 e. The number of hydrogen-bond acceptors (Lipinski definition) is 3. The fraction of sp³-hybridized carbons (Fsp3) is 0.636. The number of hydrogen-bond donors (Lipinski definition) is 3. The summed E-state index contributed by atoms with van der Waals surface area (Å²) in [6.45, 7) is 7.16. The summed E-state index contributed by atoms with van der Waals surface area (Å²) in [5.41, 5.74) is 2.67. The van der Waals surface area contributed by atoms with Crippen LogP contribution in [0.15, 0.2) is 24.3 Å². The van der Waals surface area contributed by atoms with Crippen molar-refractivity contribution in [3.8, 4) is 0 Å². The van der Waals surface area contributed by atoms with Crippen LogP contribution in [0.5, 0.6) is 0 Å². The fourth-order valence-corrected chi connectivity index (χ4v) is 4.14. The molecule has 3 rings (SSSR count). The fourth-order valence-electron chi connectivity index (χ4n) is 4.14. The third-order valence-electron chi connectivity index (χ3n) is 6.03. The predicted molar refractivity (Wildman–Crippen MR) is 111 cm³/mol. The van der Waals surface area contributed by atoms with Crippen molar-refractivity contribution >= 4 is 11.9 Å². The third-order valence-corrected chi connectivity index (χ3v) is 6.03. The molecule has 0 saturated heterocycles. The van der Waals surface area contributed by atoms with Crippen molar-refractivity contribution in [2.24, 2.45) is 0 Å². The third kappa shape index (κ3) is 5.71. The number of amides is 3. The van der Waals surface area contributed by atoms with Gasteiger partial charge in [0, 0.05) is 44.2 Å². The van der Waals surface area contributed by atoms with Crippen molar-refractivity contribution in [3.63, 3.8) is 0 Å². The summed E-state index contributed by atoms with van der Waals surface area (Å²) in [6, 6.07) is 8.70. The number of rotatable bonds is 7. The molecule has 1 fully saturated rings. The lowest BCUT2D eigenvalue weighted by Gasteiger charge is -2.41. The average Bonchev–Trinajstić information content (AvgIpc) is 3.19. The molecule has 0 bridgehead atoms. The van der Waals surface area contributed by atoms with Crippen LogP contribution in [0.2, 0.25) is 0 Å². The van der Waals surface area contributed by atoms with Crippen LogP contribution in [0.1, 0.15) is 57.1 Å². The van der Waals surface area contributed by atoms with Crippen LogP contribution < -0.4 is 16.0 Å². The summed E-state index contributed by atoms with van der Waals surface area (Å²) >= 11 is 0. The zero-order valence-corrected chi connectivity index (χ0v) is 17.2. The van der Waals surface area contributed by atoms with Crippen LogP contribution >= 0.6 is 0 Å². The summed E-state index contributed by atoms with van der Waals surface area (Å²) in [4.78, 5) is 26.5. The van der Waals surface area contributed by atoms with Gasteiger partial charge >= 0.3 is 6.03 Å². The van der Waals surface area contributed by atoms with E-state index < -0.39 is 0 Å². The van der Waals surface area contributed by atoms with Gasteiger partial charge in [0.15, 0.2) is 0 Å². The van der Waals surface area contributed by atoms with Gasteiger partial charge in [-0.2, -0.15) is 0 Å². The average molecular weight is 387 g/mol. The lowest BCUT2D eigenvalue weighted by Crippen LogP contribution is -2.54. The van der Waals surface area contributed by atoms with Gasteiger partial charge in [-0.25, -0.2) is 4.79 Å². The molecular weight excluding hydrogens is 352 g/mol. The maximum Gasteiger partial charge on any atom is 0.314 e. The Hall–Kier alpha value is -2.08. The molecule has 1 aromatic carbocycles. The van der Waals surface area contributed by atoms with Gasteiger partial charge < -0.3 is 16.0 Å². The van der Waals surface area contributed by atoms with E-state index >= 15 is 0 Å². The van der Waals surface area contributed by atoms with E-state index in [4.69, 9.17) is 0 Å². The Morgan fingerprint density at radius 3 is 2.57 bits per heavy atom. The van der Waals surface area contributed by atoms with Crippen LogP contribution in [0.4, 0.5) is 4.79 Å². The lowest BCUT2D eigenvalue weighted by atomic mass is 9.94. The summed E-state index contributed by atoms with van der Waals surface area (Å²) in [7, 11) is 0. The van der Waals surface area contributed by atoms with Crippen molar-refractivity contribution in [2.45, 2.75) is 70.5 Å². The van der Waals surface area contributed by atoms with Crippen LogP contribution in [0, 0.1) is 0 Å². The van der Waals surface area contributed by atoms with Crippen molar-refractivity contribution < 1.29 is 9.59 Å². The summed E-state index contributed by atoms with van der Waals surface area (Å²) < 4.78 is 0. The topological polar surface area (TPSA) is 73.5 Å². The molecule has 154 valence electrons. The maximum absolute atomic E-state index is 12.1. The molecule has 0 spiro atoms. The smallest absolute Gasteiger partial charge is 0.314 e. The Kier molecular flexibility index (Phi) is 6.94. The lowest BCUT2D eigenvalue weighted by molar-refractivity contribution is -0.121. The second kappa shape index (κ2) is 9.41. The van der Waals surface area contributed by atoms with Gasteiger partial charge in [-0.1, -0.05) is 37.1 Å². The van der Waals surface area contributed by atoms with E-state index in [1.165, 1.54) is 24.0 Å². The highest BCUT2D eigenvalue weighted by molar-refractivity contribution is 5.78. The molecular formula is C22H34N4O2. The highest BCUT2D eigenvalue weighted by Gasteiger charge is 2.30. The molecule has 0 atom stereocenters. The van der Waals surface area contributed by atoms with Gasteiger partial charge in [0.25, 0.3) is 0 Å². The minimum atomic E-state index is -0.209. The number of nitrogens with one attached hydrogen (secondary N) is 3. The molecule has 6 heteroatoms. The van der Waals surface area contributed by atoms with E-state index in [9.17, 15) is 9.59 Å². The first-order valence-electron chi connectivity index (χ1n) is 10.6. The highest BCUT2D eigenvalue weighted by Crippen LogP contribution is 2.24. The minimum absolute atomic E-state index is 0.0273. The summed E-state index contributed by atoms with van der Waals surface area (Å²) in [6.07, 6.45) is 5.93. The molecule has 2 aliphatic rings. The highest BCUT2D eigenvalue weighted by atomic mass is 16.2. The number of nitrogens with zero attached hydrogens (tertiary/aromatic N) is 1. The Labute approximate surface area is 168 Å². The molecule has 1 saturated carbocycles. The first kappa shape index (κ1) is 20.6. The SMILES string of the molecule is CC(C)(CNC(=O)NCCC(=O)NC1CCCC1)N1CCc2ccccc2C1. The van der Waals surface area contributed by atoms with E-state index in [2.05, 4.69) is 59.0 Å². The monoisotopic (exact) mass is 386 g/mol. The van der Waals surface area contributed by atoms with Gasteiger partial charge in [0.1, 0.15) is 0 Å². The quantitative estimate of drug-likeness (QED) is 0.674. The van der Waals surface area contributed by atoms with E-state index in [1.807, 2.05) is 0 Å². The molecule has 3 amide bonds. The number of urea groups is 1. The Balaban J connectivity index is 1.36. The molecule has 1 heterocycles. The zero-order chi connectivity index (χ0) is 20.0. The maximum atomic E-state index is 12.1. The second-order valence-electron chi connectivity index (χ2n) is 8.66. The summed E-state index contributed by atoms with van der Waals surface area (Å²) in [5, 5.41) is 8.81. The molecule has 3 N–H and O–H groups in total. The number of fused-ring (bicyclic) bond motifs is 1. The van der Waals surface area contributed by atoms with Crippen molar-refractivity contribution in [1.29, 1.82) is 0 Å². The summed E-state index contributed by atoms with van der Waals surface area (Å²) in [5.74, 6) is 0.0273. The van der Waals surface area contributed by atoms with Crippen molar-refractivity contribution in [1.82, 2.24) is 20.9 Å². The Bertz CT molecular complexity index is 683. The van der Waals surface area contributed by atoms with Gasteiger partial charge in [-0.05, 0) is 44.2 Å². The van der Waals surface area contributed by atoms with E-state index in [0.717, 1.165) is 32.4 Å². The van der Waals surface area contributed by atoms with Crippen LogP contribution in [-0.2, 0) is 17.8 Å². The van der Waals surface area contributed by atoms with E-state index in [1.54, 1.807) is 0 Å². The molecule has 0 unspecified atom stereocenters. The van der Waals surface area contributed by atoms with Gasteiger partial charge in [0.05, 0.1) is 0 Å². The van der Waals surface area contributed by atoms with Gasteiger partial charge in [0.2, 0.25) is 5.91 Å². The van der Waals surface area contributed by atoms with Crippen molar-refractivity contribution in [2.75, 3.05) is 19.6 Å². The Morgan fingerprint density at radius 2 is 1.82 bits per heavy atom. The first-order valence-corrected chi connectivity index (χ1v) is 10.6.